The monoisotopic (exact) mass is 271 g/mol. The number of nitrogens with one attached hydrogen (secondary N) is 2. The zero-order valence-corrected chi connectivity index (χ0v) is 12.0. The highest BCUT2D eigenvalue weighted by Gasteiger charge is 2.39. The molecule has 0 aliphatic heterocycles. The van der Waals surface area contributed by atoms with Gasteiger partial charge in [-0.05, 0) is 39.8 Å². The van der Waals surface area contributed by atoms with Crippen molar-refractivity contribution in [3.63, 3.8) is 0 Å². The number of hydrogen-bond acceptors (Lipinski definition) is 3. The van der Waals surface area contributed by atoms with Gasteiger partial charge in [0, 0.05) is 12.1 Å². The quantitative estimate of drug-likeness (QED) is 0.646. The number of carbonyl (C=O) groups excluding carboxylic acids is 1. The number of aliphatic carboxylic acids is 1. The fourth-order valence-electron chi connectivity index (χ4n) is 2.37. The van der Waals surface area contributed by atoms with Crippen molar-refractivity contribution in [2.45, 2.75) is 50.6 Å². The zero-order valence-electron chi connectivity index (χ0n) is 12.0. The summed E-state index contributed by atoms with van der Waals surface area (Å²) in [6.07, 6.45) is 4.48. The van der Waals surface area contributed by atoms with E-state index in [1.54, 1.807) is 0 Å². The molecule has 6 nitrogen and oxygen atoms in total. The van der Waals surface area contributed by atoms with Crippen LogP contribution in [0.3, 0.4) is 0 Å². The summed E-state index contributed by atoms with van der Waals surface area (Å²) >= 11 is 0. The molecule has 0 aromatic carbocycles. The number of likely N-dealkylation sites (N-methyl/N-ethyl adjacent to an activating group) is 1. The number of nitrogens with zero attached hydrogens (tertiary/aromatic N) is 1. The smallest absolute Gasteiger partial charge is 0.326 e. The molecule has 0 unspecified atom stereocenters. The molecule has 3 N–H and O–H groups in total. The molecule has 1 saturated carbocycles. The van der Waals surface area contributed by atoms with E-state index in [0.717, 1.165) is 19.3 Å². The van der Waals surface area contributed by atoms with E-state index < -0.39 is 18.0 Å². The maximum Gasteiger partial charge on any atom is 0.326 e. The van der Waals surface area contributed by atoms with Crippen LogP contribution in [0.5, 0.6) is 0 Å². The first kappa shape index (κ1) is 15.8. The van der Waals surface area contributed by atoms with Gasteiger partial charge in [0.2, 0.25) is 0 Å². The van der Waals surface area contributed by atoms with Crippen LogP contribution in [0.15, 0.2) is 0 Å². The van der Waals surface area contributed by atoms with E-state index in [9.17, 15) is 9.59 Å². The molecule has 0 aromatic heterocycles. The number of hydrogen-bond donors (Lipinski definition) is 3. The van der Waals surface area contributed by atoms with Crippen LogP contribution < -0.4 is 10.6 Å². The number of amides is 2. The van der Waals surface area contributed by atoms with E-state index in [1.165, 1.54) is 6.42 Å². The first-order valence-corrected chi connectivity index (χ1v) is 6.86. The van der Waals surface area contributed by atoms with Gasteiger partial charge in [0.1, 0.15) is 6.04 Å². The summed E-state index contributed by atoms with van der Waals surface area (Å²) in [5.74, 6) is -0.983. The minimum Gasteiger partial charge on any atom is -0.480 e. The van der Waals surface area contributed by atoms with Gasteiger partial charge in [-0.3, -0.25) is 0 Å². The van der Waals surface area contributed by atoms with Gasteiger partial charge < -0.3 is 20.6 Å². The number of urea groups is 1. The fourth-order valence-corrected chi connectivity index (χ4v) is 2.37. The van der Waals surface area contributed by atoms with Crippen molar-refractivity contribution in [2.75, 3.05) is 20.6 Å². The summed E-state index contributed by atoms with van der Waals surface area (Å²) in [7, 11) is 4.02. The van der Waals surface area contributed by atoms with E-state index in [-0.39, 0.29) is 5.54 Å². The Kier molecular flexibility index (Phi) is 5.60. The van der Waals surface area contributed by atoms with Crippen LogP contribution in [0.25, 0.3) is 0 Å². The van der Waals surface area contributed by atoms with Crippen molar-refractivity contribution in [3.8, 4) is 0 Å². The van der Waals surface area contributed by atoms with E-state index >= 15 is 0 Å². The molecular weight excluding hydrogens is 246 g/mol. The molecule has 0 bridgehead atoms. The first-order chi connectivity index (χ1) is 8.91. The van der Waals surface area contributed by atoms with E-state index in [1.807, 2.05) is 21.0 Å². The normalized spacial score (nSPS) is 18.5. The Morgan fingerprint density at radius 3 is 2.37 bits per heavy atom. The second kappa shape index (κ2) is 6.75. The highest BCUT2D eigenvalue weighted by Crippen LogP contribution is 2.35. The summed E-state index contributed by atoms with van der Waals surface area (Å²) in [5, 5.41) is 14.3. The molecule has 1 aliphatic rings. The molecule has 0 radical (unpaired) electrons. The molecule has 1 atom stereocenters. The van der Waals surface area contributed by atoms with Crippen molar-refractivity contribution in [1.82, 2.24) is 15.5 Å². The lowest BCUT2D eigenvalue weighted by Gasteiger charge is -2.47. The lowest BCUT2D eigenvalue weighted by Crippen LogP contribution is -2.59. The zero-order chi connectivity index (χ0) is 14.5. The minimum absolute atomic E-state index is 0.0425. The molecule has 19 heavy (non-hydrogen) atoms. The van der Waals surface area contributed by atoms with Crippen LogP contribution in [-0.4, -0.2) is 54.2 Å². The molecule has 2 amide bonds. The Morgan fingerprint density at radius 2 is 2.00 bits per heavy atom. The van der Waals surface area contributed by atoms with Crippen LogP contribution in [0.1, 0.15) is 39.0 Å². The number of carboxylic acid groups (broad SMARTS) is 1. The van der Waals surface area contributed by atoms with Gasteiger partial charge in [-0.15, -0.1) is 0 Å². The van der Waals surface area contributed by atoms with Crippen molar-refractivity contribution in [2.24, 2.45) is 0 Å². The Bertz CT molecular complexity index is 327. The highest BCUT2D eigenvalue weighted by atomic mass is 16.4. The number of carbonyl (C=O) groups is 2. The van der Waals surface area contributed by atoms with Crippen LogP contribution >= 0.6 is 0 Å². The molecule has 0 spiro atoms. The van der Waals surface area contributed by atoms with Crippen molar-refractivity contribution < 1.29 is 14.7 Å². The summed E-state index contributed by atoms with van der Waals surface area (Å²) in [6, 6.07) is -1.20. The van der Waals surface area contributed by atoms with E-state index in [4.69, 9.17) is 5.11 Å². The third-order valence-electron chi connectivity index (χ3n) is 3.99. The summed E-state index contributed by atoms with van der Waals surface area (Å²) < 4.78 is 0. The maximum absolute atomic E-state index is 11.7. The molecular formula is C13H25N3O3. The standard InChI is InChI=1S/C13H25N3O3/c1-4-6-10(11(17)18)15-12(19)14-9-13(16(2)3)7-5-8-13/h10H,4-9H2,1-3H3,(H,17,18)(H2,14,15,19)/t10-/m1/s1. The SMILES string of the molecule is CCC[C@@H](NC(=O)NCC1(N(C)C)CCC1)C(=O)O. The predicted octanol–water partition coefficient (Wildman–Crippen LogP) is 1.02. The van der Waals surface area contributed by atoms with E-state index in [2.05, 4.69) is 15.5 Å². The van der Waals surface area contributed by atoms with Crippen LogP contribution in [0.2, 0.25) is 0 Å². The van der Waals surface area contributed by atoms with Crippen LogP contribution in [0.4, 0.5) is 4.79 Å². The Hall–Kier alpha value is -1.30. The van der Waals surface area contributed by atoms with Gasteiger partial charge >= 0.3 is 12.0 Å². The molecule has 6 heteroatoms. The van der Waals surface area contributed by atoms with Crippen molar-refractivity contribution in [1.29, 1.82) is 0 Å². The number of rotatable bonds is 7. The second-order valence-electron chi connectivity index (χ2n) is 5.48. The molecule has 110 valence electrons. The van der Waals surface area contributed by atoms with Crippen molar-refractivity contribution in [3.05, 3.63) is 0 Å². The summed E-state index contributed by atoms with van der Waals surface area (Å²) in [6.45, 7) is 2.45. The molecule has 1 rings (SSSR count). The Morgan fingerprint density at radius 1 is 1.37 bits per heavy atom. The lowest BCUT2D eigenvalue weighted by molar-refractivity contribution is -0.139. The van der Waals surface area contributed by atoms with Gasteiger partial charge in [-0.25, -0.2) is 9.59 Å². The van der Waals surface area contributed by atoms with Gasteiger partial charge in [0.15, 0.2) is 0 Å². The summed E-state index contributed by atoms with van der Waals surface area (Å²) in [4.78, 5) is 24.8. The maximum atomic E-state index is 11.7. The van der Waals surface area contributed by atoms with Crippen molar-refractivity contribution >= 4 is 12.0 Å². The van der Waals surface area contributed by atoms with Gasteiger partial charge in [-0.1, -0.05) is 13.3 Å². The highest BCUT2D eigenvalue weighted by molar-refractivity contribution is 5.82. The predicted molar refractivity (Wildman–Crippen MR) is 73.1 cm³/mol. The molecule has 0 saturated heterocycles. The van der Waals surface area contributed by atoms with E-state index in [0.29, 0.717) is 13.0 Å². The molecule has 1 aliphatic carbocycles. The average Bonchev–Trinajstić information content (AvgIpc) is 2.26. The van der Waals surface area contributed by atoms with Gasteiger partial charge in [-0.2, -0.15) is 0 Å². The first-order valence-electron chi connectivity index (χ1n) is 6.86. The Labute approximate surface area is 114 Å². The van der Waals surface area contributed by atoms with Gasteiger partial charge in [0.05, 0.1) is 0 Å². The minimum atomic E-state index is -0.983. The lowest BCUT2D eigenvalue weighted by atomic mass is 9.75. The largest absolute Gasteiger partial charge is 0.480 e. The second-order valence-corrected chi connectivity index (χ2v) is 5.48. The molecule has 0 heterocycles. The molecule has 1 fully saturated rings. The third-order valence-corrected chi connectivity index (χ3v) is 3.99. The van der Waals surface area contributed by atoms with Crippen LogP contribution in [-0.2, 0) is 4.79 Å². The average molecular weight is 271 g/mol. The molecule has 0 aromatic rings. The third kappa shape index (κ3) is 4.09. The fraction of sp³-hybridized carbons (Fsp3) is 0.846. The number of carboxylic acids is 1. The van der Waals surface area contributed by atoms with Gasteiger partial charge in [0.25, 0.3) is 0 Å². The topological polar surface area (TPSA) is 81.7 Å². The Balaban J connectivity index is 2.40. The summed E-state index contributed by atoms with van der Waals surface area (Å²) in [5.41, 5.74) is 0.0425. The van der Waals surface area contributed by atoms with Crippen LogP contribution in [0, 0.1) is 0 Å².